The molecule has 1 N–H and O–H groups in total. The lowest BCUT2D eigenvalue weighted by Gasteiger charge is -2.02. The molecule has 0 bridgehead atoms. The van der Waals surface area contributed by atoms with Gasteiger partial charge in [-0.1, -0.05) is 48.5 Å². The topological polar surface area (TPSA) is 64.1 Å². The number of carbonyl (C=O) groups is 1. The van der Waals surface area contributed by atoms with E-state index in [9.17, 15) is 9.59 Å². The molecule has 23 heavy (non-hydrogen) atoms. The summed E-state index contributed by atoms with van der Waals surface area (Å²) in [6.07, 6.45) is 0. The van der Waals surface area contributed by atoms with E-state index in [0.29, 0.717) is 11.4 Å². The standard InChI is InChI=1S/C18H16N2O3/c1-2-23-18(22)15-16(13-9-5-3-6-10-13)19-20(17(15)21)14-11-7-4-8-12-14/h3-12,19H,2H2,1H3. The molecule has 2 aromatic carbocycles. The van der Waals surface area contributed by atoms with Crippen molar-refractivity contribution < 1.29 is 9.53 Å². The fraction of sp³-hybridized carbons (Fsp3) is 0.111. The van der Waals surface area contributed by atoms with Crippen molar-refractivity contribution in [3.8, 4) is 16.9 Å². The van der Waals surface area contributed by atoms with E-state index in [0.717, 1.165) is 5.56 Å². The molecule has 0 aliphatic heterocycles. The normalized spacial score (nSPS) is 10.5. The number of esters is 1. The number of nitrogens with one attached hydrogen (secondary N) is 1. The van der Waals surface area contributed by atoms with Crippen LogP contribution in [0.5, 0.6) is 0 Å². The lowest BCUT2D eigenvalue weighted by Crippen LogP contribution is -2.21. The molecule has 116 valence electrons. The molecule has 0 spiro atoms. The Morgan fingerprint density at radius 2 is 1.65 bits per heavy atom. The van der Waals surface area contributed by atoms with Crippen LogP contribution in [0.2, 0.25) is 0 Å². The first kappa shape index (κ1) is 14.8. The average Bonchev–Trinajstić information content (AvgIpc) is 2.94. The van der Waals surface area contributed by atoms with Crippen LogP contribution < -0.4 is 5.56 Å². The highest BCUT2D eigenvalue weighted by Crippen LogP contribution is 2.21. The summed E-state index contributed by atoms with van der Waals surface area (Å²) >= 11 is 0. The van der Waals surface area contributed by atoms with Crippen molar-refractivity contribution in [2.24, 2.45) is 0 Å². The molecule has 0 saturated carbocycles. The minimum Gasteiger partial charge on any atom is -0.462 e. The van der Waals surface area contributed by atoms with E-state index in [1.54, 1.807) is 19.1 Å². The minimum absolute atomic E-state index is 0.0157. The van der Waals surface area contributed by atoms with E-state index in [4.69, 9.17) is 4.74 Å². The number of benzene rings is 2. The summed E-state index contributed by atoms with van der Waals surface area (Å²) in [5.41, 5.74) is 1.46. The van der Waals surface area contributed by atoms with Gasteiger partial charge >= 0.3 is 5.97 Å². The second kappa shape index (κ2) is 6.36. The number of para-hydroxylation sites is 1. The van der Waals surface area contributed by atoms with Crippen molar-refractivity contribution in [3.05, 3.63) is 76.6 Å². The Morgan fingerprint density at radius 3 is 2.26 bits per heavy atom. The summed E-state index contributed by atoms with van der Waals surface area (Å²) in [7, 11) is 0. The maximum Gasteiger partial charge on any atom is 0.346 e. The summed E-state index contributed by atoms with van der Waals surface area (Å²) in [6, 6.07) is 18.4. The van der Waals surface area contributed by atoms with Crippen LogP contribution in [0.4, 0.5) is 0 Å². The Labute approximate surface area is 133 Å². The van der Waals surface area contributed by atoms with Crippen LogP contribution >= 0.6 is 0 Å². The first-order valence-corrected chi connectivity index (χ1v) is 7.35. The summed E-state index contributed by atoms with van der Waals surface area (Å²) in [6.45, 7) is 1.92. The number of aromatic amines is 1. The van der Waals surface area contributed by atoms with Gasteiger partial charge in [0.1, 0.15) is 0 Å². The van der Waals surface area contributed by atoms with Crippen molar-refractivity contribution in [2.75, 3.05) is 6.61 Å². The van der Waals surface area contributed by atoms with E-state index in [1.165, 1.54) is 4.68 Å². The molecule has 5 nitrogen and oxygen atoms in total. The molecule has 0 radical (unpaired) electrons. The Balaban J connectivity index is 2.22. The summed E-state index contributed by atoms with van der Waals surface area (Å²) in [4.78, 5) is 25.0. The van der Waals surface area contributed by atoms with Gasteiger partial charge < -0.3 is 4.74 Å². The molecule has 3 rings (SSSR count). The second-order valence-electron chi connectivity index (χ2n) is 4.92. The Kier molecular flexibility index (Phi) is 4.10. The first-order chi connectivity index (χ1) is 11.2. The van der Waals surface area contributed by atoms with E-state index >= 15 is 0 Å². The minimum atomic E-state index is -0.623. The maximum absolute atomic E-state index is 12.7. The highest BCUT2D eigenvalue weighted by atomic mass is 16.5. The van der Waals surface area contributed by atoms with Gasteiger partial charge in [-0.2, -0.15) is 0 Å². The predicted octanol–water partition coefficient (Wildman–Crippen LogP) is 3.01. The van der Waals surface area contributed by atoms with E-state index < -0.39 is 11.5 Å². The molecule has 0 fully saturated rings. The molecule has 5 heteroatoms. The van der Waals surface area contributed by atoms with Crippen LogP contribution in [0, 0.1) is 0 Å². The van der Waals surface area contributed by atoms with Gasteiger partial charge in [0.15, 0.2) is 5.56 Å². The third kappa shape index (κ3) is 2.81. The predicted molar refractivity (Wildman–Crippen MR) is 87.8 cm³/mol. The Bertz CT molecular complexity index is 864. The summed E-state index contributed by atoms with van der Waals surface area (Å²) in [5.74, 6) is -0.623. The third-order valence-electron chi connectivity index (χ3n) is 3.45. The second-order valence-corrected chi connectivity index (χ2v) is 4.92. The molecule has 1 aromatic heterocycles. The summed E-state index contributed by atoms with van der Waals surface area (Å²) in [5, 5.41) is 3.03. The molecule has 1 heterocycles. The molecular formula is C18H16N2O3. The monoisotopic (exact) mass is 308 g/mol. The SMILES string of the molecule is CCOC(=O)c1c(-c2ccccc2)[nH]n(-c2ccccc2)c1=O. The van der Waals surface area contributed by atoms with Crippen LogP contribution in [0.15, 0.2) is 65.5 Å². The van der Waals surface area contributed by atoms with Crippen molar-refractivity contribution in [2.45, 2.75) is 6.92 Å². The van der Waals surface area contributed by atoms with Gasteiger partial charge in [-0.25, -0.2) is 9.48 Å². The highest BCUT2D eigenvalue weighted by molar-refractivity contribution is 5.96. The van der Waals surface area contributed by atoms with Gasteiger partial charge in [0, 0.05) is 5.56 Å². The first-order valence-electron chi connectivity index (χ1n) is 7.35. The number of carbonyl (C=O) groups excluding carboxylic acids is 1. The molecule has 0 aliphatic rings. The van der Waals surface area contributed by atoms with Crippen molar-refractivity contribution in [1.29, 1.82) is 0 Å². The van der Waals surface area contributed by atoms with E-state index in [1.807, 2.05) is 48.5 Å². The van der Waals surface area contributed by atoms with E-state index in [-0.39, 0.29) is 12.2 Å². The third-order valence-corrected chi connectivity index (χ3v) is 3.45. The Hall–Kier alpha value is -3.08. The number of aromatic nitrogens is 2. The average molecular weight is 308 g/mol. The van der Waals surface area contributed by atoms with Crippen LogP contribution in [0.3, 0.4) is 0 Å². The van der Waals surface area contributed by atoms with Crippen molar-refractivity contribution >= 4 is 5.97 Å². The molecular weight excluding hydrogens is 292 g/mol. The fourth-order valence-electron chi connectivity index (χ4n) is 2.40. The number of hydrogen-bond acceptors (Lipinski definition) is 3. The quantitative estimate of drug-likeness (QED) is 0.754. The number of rotatable bonds is 4. The van der Waals surface area contributed by atoms with Crippen molar-refractivity contribution in [3.63, 3.8) is 0 Å². The molecule has 0 amide bonds. The lowest BCUT2D eigenvalue weighted by molar-refractivity contribution is 0.0525. The fourth-order valence-corrected chi connectivity index (χ4v) is 2.40. The molecule has 0 saturated heterocycles. The van der Waals surface area contributed by atoms with Gasteiger partial charge in [-0.3, -0.25) is 9.89 Å². The number of H-pyrrole nitrogens is 1. The summed E-state index contributed by atoms with van der Waals surface area (Å²) < 4.78 is 6.40. The molecule has 0 unspecified atom stereocenters. The van der Waals surface area contributed by atoms with E-state index in [2.05, 4.69) is 5.10 Å². The largest absolute Gasteiger partial charge is 0.462 e. The van der Waals surface area contributed by atoms with Gasteiger partial charge in [-0.05, 0) is 19.1 Å². The van der Waals surface area contributed by atoms with Crippen LogP contribution in [-0.2, 0) is 4.74 Å². The Morgan fingerprint density at radius 1 is 1.04 bits per heavy atom. The zero-order valence-corrected chi connectivity index (χ0v) is 12.7. The van der Waals surface area contributed by atoms with Crippen LogP contribution in [-0.4, -0.2) is 22.4 Å². The van der Waals surface area contributed by atoms with Crippen LogP contribution in [0.25, 0.3) is 16.9 Å². The number of ether oxygens (including phenoxy) is 1. The van der Waals surface area contributed by atoms with Gasteiger partial charge in [-0.15, -0.1) is 0 Å². The van der Waals surface area contributed by atoms with Gasteiger partial charge in [0.25, 0.3) is 5.56 Å². The zero-order chi connectivity index (χ0) is 16.2. The highest BCUT2D eigenvalue weighted by Gasteiger charge is 2.23. The number of nitrogens with zero attached hydrogens (tertiary/aromatic N) is 1. The lowest BCUT2D eigenvalue weighted by atomic mass is 10.1. The van der Waals surface area contributed by atoms with Gasteiger partial charge in [0.05, 0.1) is 18.0 Å². The van der Waals surface area contributed by atoms with Crippen LogP contribution in [0.1, 0.15) is 17.3 Å². The maximum atomic E-state index is 12.7. The molecule has 0 atom stereocenters. The smallest absolute Gasteiger partial charge is 0.346 e. The molecule has 0 aliphatic carbocycles. The zero-order valence-electron chi connectivity index (χ0n) is 12.7. The van der Waals surface area contributed by atoms with Gasteiger partial charge in [0.2, 0.25) is 0 Å². The van der Waals surface area contributed by atoms with Crippen molar-refractivity contribution in [1.82, 2.24) is 9.78 Å². The number of hydrogen-bond donors (Lipinski definition) is 1. The molecule has 3 aromatic rings.